The van der Waals surface area contributed by atoms with Gasteiger partial charge in [0.15, 0.2) is 0 Å². The van der Waals surface area contributed by atoms with Gasteiger partial charge in [-0.25, -0.2) is 142 Å². The van der Waals surface area contributed by atoms with Crippen molar-refractivity contribution in [3.63, 3.8) is 0 Å². The Morgan fingerprint density at radius 2 is 0.378 bits per heavy atom. The van der Waals surface area contributed by atoms with E-state index in [1.165, 1.54) is 0 Å². The van der Waals surface area contributed by atoms with Crippen LogP contribution in [0.25, 0.3) is 0 Å². The number of nitrogens with one attached hydrogen (secondary N) is 6. The van der Waals surface area contributed by atoms with Gasteiger partial charge in [-0.1, -0.05) is 0 Å². The molecule has 0 bridgehead atoms. The molecule has 0 amide bonds. The first-order valence-corrected chi connectivity index (χ1v) is 29.3. The van der Waals surface area contributed by atoms with Crippen LogP contribution < -0.4 is 124 Å². The average molecular weight is 1510 g/mol. The van der Waals surface area contributed by atoms with Gasteiger partial charge >= 0.3 is 34.1 Å². The fourth-order valence-electron chi connectivity index (χ4n) is 4.86. The van der Waals surface area contributed by atoms with Gasteiger partial charge in [-0.3, -0.25) is 39.8 Å². The van der Waals surface area contributed by atoms with Crippen LogP contribution in [-0.4, -0.2) is 185 Å². The summed E-state index contributed by atoms with van der Waals surface area (Å²) in [5, 5.41) is 0. The molecule has 46 nitrogen and oxygen atoms in total. The number of imidazole rings is 6. The number of quaternary nitrogens is 2. The summed E-state index contributed by atoms with van der Waals surface area (Å²) in [6.07, 6.45) is 31.5. The maximum absolute atomic E-state index is 8.49. The zero-order valence-corrected chi connectivity index (χ0v) is 52.7. The average Bonchev–Trinajstić information content (AvgIpc) is 4.44. The standard InChI is InChI=1S/2C18H24N10.6ClHO4.2Fe.2H3N/c2*1-2-23-16(22-1)13-19-7-10-28(11-8-20-14-17-24-3-4-25-17)12-9-21-15-18-26-5-6-27-18;6*2-1(3,4)5;;;;/h2*1-6,13-15H,7-12H2,(H,22,23)(H,24,25)(H,26,27);6*(H,2,3,4,5);;;2*1H3/q;;;;;;;;2*+2;;/p-4. The number of aliphatic imine (C=N–C) groups is 6. The number of nitrogens with zero attached hydrogens (tertiary/aromatic N) is 14. The van der Waals surface area contributed by atoms with E-state index in [4.69, 9.17) is 112 Å². The molecule has 6 aromatic heterocycles. The van der Waals surface area contributed by atoms with Crippen LogP contribution in [0.2, 0.25) is 0 Å². The number of aromatic amines is 6. The van der Waals surface area contributed by atoms with E-state index in [9.17, 15) is 0 Å². The van der Waals surface area contributed by atoms with Crippen LogP contribution in [-0.2, 0) is 34.1 Å². The van der Waals surface area contributed by atoms with Crippen molar-refractivity contribution in [2.75, 3.05) is 78.5 Å². The molecule has 0 aliphatic rings. The predicted molar refractivity (Wildman–Crippen MR) is 231 cm³/mol. The van der Waals surface area contributed by atoms with E-state index < -0.39 is 61.5 Å². The van der Waals surface area contributed by atoms with E-state index in [1.807, 2.05) is 0 Å². The molecule has 0 aliphatic carbocycles. The molecule has 0 atom stereocenters. The summed E-state index contributed by atoms with van der Waals surface area (Å²) in [7, 11) is -29.7. The fraction of sp³-hybridized carbons (Fsp3) is 0.333. The maximum Gasteiger partial charge on any atom is 2.00 e. The second-order valence-electron chi connectivity index (χ2n) is 14.0. The van der Waals surface area contributed by atoms with E-state index in [1.54, 1.807) is 112 Å². The normalized spacial score (nSPS) is 11.7. The number of halogens is 6. The minimum Gasteiger partial charge on any atom is -0.369 e. The maximum atomic E-state index is 8.49. The van der Waals surface area contributed by atoms with E-state index in [0.29, 0.717) is 39.3 Å². The molecule has 0 fully saturated rings. The Labute approximate surface area is 541 Å². The van der Waals surface area contributed by atoms with Crippen LogP contribution in [0.1, 0.15) is 34.9 Å². The van der Waals surface area contributed by atoms with Crippen molar-refractivity contribution in [2.24, 2.45) is 30.0 Å². The largest absolute Gasteiger partial charge is 2.00 e. The first-order chi connectivity index (χ1) is 39.8. The third-order valence-corrected chi connectivity index (χ3v) is 7.67. The van der Waals surface area contributed by atoms with Crippen molar-refractivity contribution in [2.45, 2.75) is 0 Å². The second-order valence-corrected chi connectivity index (χ2v) is 18.5. The Balaban J connectivity index is -0.000000263. The molecule has 90 heavy (non-hydrogen) atoms. The molecular weight excluding hydrogens is 1450 g/mol. The Kier molecular flexibility index (Phi) is 58.1. The third kappa shape index (κ3) is 89.4. The van der Waals surface area contributed by atoms with Gasteiger partial charge in [-0.05, 0) is 0 Å². The van der Waals surface area contributed by atoms with Gasteiger partial charge in [-0.2, -0.15) is 0 Å². The van der Waals surface area contributed by atoms with Crippen molar-refractivity contribution in [3.05, 3.63) is 109 Å². The molecular formula is C36H56Cl6Fe2N22O24. The van der Waals surface area contributed by atoms with Crippen LogP contribution in [0.4, 0.5) is 0 Å². The minimum atomic E-state index is -4.94. The fourth-order valence-corrected chi connectivity index (χ4v) is 4.86. The summed E-state index contributed by atoms with van der Waals surface area (Å²) >= 11 is 0. The summed E-state index contributed by atoms with van der Waals surface area (Å²) in [6.45, 7) is 9.05. The summed E-state index contributed by atoms with van der Waals surface area (Å²) in [6, 6.07) is 0. The quantitative estimate of drug-likeness (QED) is 0.0206. The van der Waals surface area contributed by atoms with Crippen LogP contribution in [0, 0.1) is 61.5 Å². The Morgan fingerprint density at radius 1 is 0.267 bits per heavy atom. The SMILES string of the molecule is C(=NCCN(CCN=Cc1ncc[nH]1)CCN=Cc1ncc[nH]1)c1ncc[nH]1.C(=NCCN(CCN=Cc1ncc[nH]1)CCN=Cc1ncc[nH]1)c1ncc[nH]1.[Fe+2].[Fe+2].[NH4+].[NH4+].[O-][Cl+3]([O-])([O-])[O-].[O-][Cl+3]([O-])([O-])[O-].[O-][Cl+3]([O-])([O-])[O-].[O-][Cl+3]([O-])([O-])[O-].[O-][Cl+3]([O-])([O-])[O-].[O-][Cl+3]([O-])([O-])[O-]. The van der Waals surface area contributed by atoms with Gasteiger partial charge in [0.25, 0.3) is 0 Å². The summed E-state index contributed by atoms with van der Waals surface area (Å²) in [4.78, 5) is 73.9. The number of hydrogen-bond acceptors (Lipinski definition) is 38. The van der Waals surface area contributed by atoms with Gasteiger partial charge in [0.1, 0.15) is 34.9 Å². The Bertz CT molecular complexity index is 2140. The second kappa shape index (κ2) is 54.5. The molecule has 6 rings (SSSR count). The van der Waals surface area contributed by atoms with Gasteiger partial charge in [0, 0.05) is 114 Å². The zero-order chi connectivity index (χ0) is 65.6. The smallest absolute Gasteiger partial charge is 0.369 e. The number of rotatable bonds is 24. The molecule has 512 valence electrons. The van der Waals surface area contributed by atoms with E-state index in [-0.39, 0.29) is 46.4 Å². The van der Waals surface area contributed by atoms with Crippen LogP contribution in [0.5, 0.6) is 0 Å². The van der Waals surface area contributed by atoms with Crippen molar-refractivity contribution in [1.82, 2.24) is 81.9 Å². The van der Waals surface area contributed by atoms with E-state index in [0.717, 1.165) is 74.2 Å². The Hall–Kier alpha value is -5.06. The molecule has 6 heterocycles. The third-order valence-electron chi connectivity index (χ3n) is 7.67. The van der Waals surface area contributed by atoms with Gasteiger partial charge < -0.3 is 42.2 Å². The van der Waals surface area contributed by atoms with Crippen molar-refractivity contribution in [1.29, 1.82) is 0 Å². The molecule has 14 N–H and O–H groups in total. The van der Waals surface area contributed by atoms with Crippen molar-refractivity contribution >= 4 is 37.3 Å². The number of hydrogen-bond donors (Lipinski definition) is 8. The molecule has 0 aliphatic heterocycles. The van der Waals surface area contributed by atoms with E-state index in [2.05, 4.69) is 99.6 Å². The number of aromatic nitrogens is 12. The number of H-pyrrole nitrogens is 6. The summed E-state index contributed by atoms with van der Waals surface area (Å²) in [5.74, 6) is 4.57. The molecule has 6 aromatic rings. The van der Waals surface area contributed by atoms with Crippen LogP contribution >= 0.6 is 0 Å². The van der Waals surface area contributed by atoms with Gasteiger partial charge in [0.2, 0.25) is 0 Å². The Morgan fingerprint density at radius 3 is 0.467 bits per heavy atom. The van der Waals surface area contributed by atoms with Gasteiger partial charge in [0.05, 0.1) is 76.6 Å². The monoisotopic (exact) mass is 1500 g/mol. The van der Waals surface area contributed by atoms with Crippen molar-refractivity contribution < 1.29 is 207 Å². The molecule has 0 unspecified atom stereocenters. The molecule has 0 spiro atoms. The van der Waals surface area contributed by atoms with E-state index >= 15 is 0 Å². The zero-order valence-electron chi connectivity index (χ0n) is 45.9. The molecule has 0 saturated carbocycles. The van der Waals surface area contributed by atoms with Crippen LogP contribution in [0.3, 0.4) is 0 Å². The molecule has 0 radical (unpaired) electrons. The summed E-state index contributed by atoms with van der Waals surface area (Å²) < 4.78 is 204. The summed E-state index contributed by atoms with van der Waals surface area (Å²) in [5.41, 5.74) is 0. The molecule has 0 saturated heterocycles. The van der Waals surface area contributed by atoms with Crippen molar-refractivity contribution in [3.8, 4) is 0 Å². The molecule has 54 heteroatoms. The van der Waals surface area contributed by atoms with Crippen LogP contribution in [0.15, 0.2) is 104 Å². The topological polar surface area (TPSA) is 879 Å². The first kappa shape index (κ1) is 96.0. The first-order valence-electron chi connectivity index (χ1n) is 21.9. The van der Waals surface area contributed by atoms with Gasteiger partial charge in [-0.15, -0.1) is 61.5 Å². The predicted octanol–water partition coefficient (Wildman–Crippen LogP) is -26.2. The minimum absolute atomic E-state index is 0. The molecule has 0 aromatic carbocycles.